The molecule has 21 heavy (non-hydrogen) atoms. The number of rotatable bonds is 3. The van der Waals surface area contributed by atoms with Crippen molar-refractivity contribution in [3.05, 3.63) is 66.0 Å². The fourth-order valence-electron chi connectivity index (χ4n) is 2.09. The summed E-state index contributed by atoms with van der Waals surface area (Å²) in [4.78, 5) is 0. The van der Waals surface area contributed by atoms with Crippen LogP contribution in [0.15, 0.2) is 48.5 Å². The van der Waals surface area contributed by atoms with E-state index in [-0.39, 0.29) is 17.3 Å². The molecule has 0 amide bonds. The smallest absolute Gasteiger partial charge is 0.171 e. The van der Waals surface area contributed by atoms with Crippen molar-refractivity contribution in [2.75, 3.05) is 0 Å². The van der Waals surface area contributed by atoms with Gasteiger partial charge in [0.1, 0.15) is 11.6 Å². The Balaban J connectivity index is 2.25. The fraction of sp³-hybridized carbons (Fsp3) is 0.0667. The Hall–Kier alpha value is -2.27. The van der Waals surface area contributed by atoms with Crippen LogP contribution < -0.4 is 0 Å². The number of hydrogen-bond acceptors (Lipinski definition) is 2. The van der Waals surface area contributed by atoms with E-state index in [1.165, 1.54) is 0 Å². The highest BCUT2D eigenvalue weighted by atomic mass is 35.5. The van der Waals surface area contributed by atoms with E-state index in [4.69, 9.17) is 11.6 Å². The fourth-order valence-corrected chi connectivity index (χ4v) is 2.27. The summed E-state index contributed by atoms with van der Waals surface area (Å²) >= 11 is 5.86. The number of aromatic nitrogens is 3. The van der Waals surface area contributed by atoms with Gasteiger partial charge in [-0.05, 0) is 30.3 Å². The highest BCUT2D eigenvalue weighted by molar-refractivity contribution is 6.16. The van der Waals surface area contributed by atoms with Gasteiger partial charge in [-0.3, -0.25) is 4.57 Å². The summed E-state index contributed by atoms with van der Waals surface area (Å²) in [5.74, 6) is -0.322. The Kier molecular flexibility index (Phi) is 3.66. The van der Waals surface area contributed by atoms with Crippen LogP contribution in [-0.4, -0.2) is 14.8 Å². The lowest BCUT2D eigenvalue weighted by Crippen LogP contribution is -2.02. The Morgan fingerprint density at radius 1 is 1.00 bits per heavy atom. The average molecular weight is 306 g/mol. The highest BCUT2D eigenvalue weighted by Gasteiger charge is 2.18. The van der Waals surface area contributed by atoms with Crippen molar-refractivity contribution >= 4 is 11.6 Å². The van der Waals surface area contributed by atoms with Gasteiger partial charge in [-0.1, -0.05) is 18.2 Å². The van der Waals surface area contributed by atoms with E-state index in [9.17, 15) is 8.78 Å². The van der Waals surface area contributed by atoms with Crippen LogP contribution in [0.2, 0.25) is 0 Å². The van der Waals surface area contributed by atoms with Crippen molar-refractivity contribution in [2.45, 2.75) is 5.88 Å². The maximum absolute atomic E-state index is 14.0. The molecule has 0 aliphatic rings. The van der Waals surface area contributed by atoms with Crippen molar-refractivity contribution < 1.29 is 8.78 Å². The van der Waals surface area contributed by atoms with Crippen molar-refractivity contribution in [1.82, 2.24) is 14.8 Å². The van der Waals surface area contributed by atoms with Crippen molar-refractivity contribution in [1.29, 1.82) is 0 Å². The molecule has 3 aromatic rings. The number of alkyl halides is 1. The van der Waals surface area contributed by atoms with Crippen LogP contribution in [0, 0.1) is 11.6 Å². The molecule has 0 aliphatic carbocycles. The Bertz CT molecular complexity index is 772. The predicted octanol–water partition coefficient (Wildman–Crippen LogP) is 3.95. The molecule has 0 saturated carbocycles. The number of para-hydroxylation sites is 1. The number of hydrogen-bond donors (Lipinski definition) is 0. The Morgan fingerprint density at radius 2 is 1.76 bits per heavy atom. The number of halogens is 3. The van der Waals surface area contributed by atoms with Crippen LogP contribution in [0.3, 0.4) is 0 Å². The maximum atomic E-state index is 14.0. The maximum Gasteiger partial charge on any atom is 0.171 e. The van der Waals surface area contributed by atoms with Crippen LogP contribution in [-0.2, 0) is 5.88 Å². The topological polar surface area (TPSA) is 30.7 Å². The second-order valence-corrected chi connectivity index (χ2v) is 4.64. The van der Waals surface area contributed by atoms with E-state index < -0.39 is 11.6 Å². The van der Waals surface area contributed by atoms with E-state index in [2.05, 4.69) is 10.2 Å². The molecule has 3 rings (SSSR count). The van der Waals surface area contributed by atoms with Crippen LogP contribution in [0.5, 0.6) is 0 Å². The molecule has 2 aromatic carbocycles. The predicted molar refractivity (Wildman–Crippen MR) is 76.3 cm³/mol. The summed E-state index contributed by atoms with van der Waals surface area (Å²) in [6.45, 7) is 0. The Morgan fingerprint density at radius 3 is 2.48 bits per heavy atom. The summed E-state index contributed by atoms with van der Waals surface area (Å²) in [7, 11) is 0. The lowest BCUT2D eigenvalue weighted by Gasteiger charge is -2.10. The largest absolute Gasteiger partial charge is 0.278 e. The molecule has 0 aliphatic heterocycles. The summed E-state index contributed by atoms with van der Waals surface area (Å²) in [5.41, 5.74) is 0.777. The standard InChI is InChI=1S/C15H10ClF2N3/c16-9-14-19-20-15(12-8-10(17)6-7-13(12)18)21(14)11-4-2-1-3-5-11/h1-8H,9H2. The molecular weight excluding hydrogens is 296 g/mol. The van der Waals surface area contributed by atoms with Crippen molar-refractivity contribution in [3.63, 3.8) is 0 Å². The zero-order chi connectivity index (χ0) is 14.8. The van der Waals surface area contributed by atoms with Crippen molar-refractivity contribution in [3.8, 4) is 17.1 Å². The minimum absolute atomic E-state index is 0.0442. The highest BCUT2D eigenvalue weighted by Crippen LogP contribution is 2.26. The van der Waals surface area contributed by atoms with Gasteiger partial charge in [0, 0.05) is 5.69 Å². The third-order valence-electron chi connectivity index (χ3n) is 3.03. The monoisotopic (exact) mass is 305 g/mol. The zero-order valence-electron chi connectivity index (χ0n) is 10.8. The molecule has 0 bridgehead atoms. The molecule has 106 valence electrons. The van der Waals surface area contributed by atoms with E-state index in [1.54, 1.807) is 4.57 Å². The SMILES string of the molecule is Fc1ccc(F)c(-c2nnc(CCl)n2-c2ccccc2)c1. The molecule has 1 heterocycles. The van der Waals surface area contributed by atoms with Gasteiger partial charge >= 0.3 is 0 Å². The van der Waals surface area contributed by atoms with Gasteiger partial charge in [0.2, 0.25) is 0 Å². The molecule has 0 unspecified atom stereocenters. The lowest BCUT2D eigenvalue weighted by molar-refractivity contribution is 0.601. The summed E-state index contributed by atoms with van der Waals surface area (Å²) in [5, 5.41) is 7.91. The van der Waals surface area contributed by atoms with Gasteiger partial charge < -0.3 is 0 Å². The lowest BCUT2D eigenvalue weighted by atomic mass is 10.2. The molecule has 1 aromatic heterocycles. The second-order valence-electron chi connectivity index (χ2n) is 4.37. The second kappa shape index (κ2) is 5.61. The first-order chi connectivity index (χ1) is 10.2. The Labute approximate surface area is 124 Å². The molecule has 0 fully saturated rings. The van der Waals surface area contributed by atoms with Gasteiger partial charge in [0.15, 0.2) is 11.6 Å². The quantitative estimate of drug-likeness (QED) is 0.686. The molecule has 0 saturated heterocycles. The van der Waals surface area contributed by atoms with Gasteiger partial charge in [0.25, 0.3) is 0 Å². The average Bonchev–Trinajstić information content (AvgIpc) is 2.94. The minimum atomic E-state index is -0.567. The normalized spacial score (nSPS) is 10.8. The van der Waals surface area contributed by atoms with Gasteiger partial charge in [-0.2, -0.15) is 0 Å². The third kappa shape index (κ3) is 2.52. The molecular formula is C15H10ClF2N3. The molecule has 0 spiro atoms. The number of nitrogens with zero attached hydrogens (tertiary/aromatic N) is 3. The van der Waals surface area contributed by atoms with E-state index in [1.807, 2.05) is 30.3 Å². The molecule has 0 atom stereocenters. The number of benzene rings is 2. The first-order valence-corrected chi connectivity index (χ1v) is 6.75. The van der Waals surface area contributed by atoms with Gasteiger partial charge in [-0.25, -0.2) is 8.78 Å². The van der Waals surface area contributed by atoms with E-state index in [0.29, 0.717) is 5.82 Å². The van der Waals surface area contributed by atoms with Crippen molar-refractivity contribution in [2.24, 2.45) is 0 Å². The van der Waals surface area contributed by atoms with E-state index >= 15 is 0 Å². The van der Waals surface area contributed by atoms with Crippen LogP contribution in [0.25, 0.3) is 17.1 Å². The summed E-state index contributed by atoms with van der Waals surface area (Å²) in [6.07, 6.45) is 0. The molecule has 6 heteroatoms. The van der Waals surface area contributed by atoms with Crippen LogP contribution in [0.4, 0.5) is 8.78 Å². The summed E-state index contributed by atoms with van der Waals surface area (Å²) in [6, 6.07) is 12.4. The first-order valence-electron chi connectivity index (χ1n) is 6.22. The zero-order valence-corrected chi connectivity index (χ0v) is 11.6. The molecule has 0 N–H and O–H groups in total. The first kappa shape index (κ1) is 13.7. The van der Waals surface area contributed by atoms with Crippen LogP contribution >= 0.6 is 11.6 Å². The summed E-state index contributed by atoms with van der Waals surface area (Å²) < 4.78 is 29.0. The van der Waals surface area contributed by atoms with Crippen LogP contribution in [0.1, 0.15) is 5.82 Å². The van der Waals surface area contributed by atoms with Gasteiger partial charge in [0.05, 0.1) is 11.4 Å². The molecule has 0 radical (unpaired) electrons. The minimum Gasteiger partial charge on any atom is -0.278 e. The van der Waals surface area contributed by atoms with E-state index in [0.717, 1.165) is 23.9 Å². The third-order valence-corrected chi connectivity index (χ3v) is 3.27. The molecule has 3 nitrogen and oxygen atoms in total. The van der Waals surface area contributed by atoms with Gasteiger partial charge in [-0.15, -0.1) is 21.8 Å².